The molecule has 54 heavy (non-hydrogen) atoms. The van der Waals surface area contributed by atoms with Crippen molar-refractivity contribution in [2.45, 2.75) is 118 Å². The quantitative estimate of drug-likeness (QED) is 0.0223. The van der Waals surface area contributed by atoms with Gasteiger partial charge in [-0.15, -0.1) is 0 Å². The number of unbranched alkanes of at least 4 members (excludes halogenated alkanes) is 13. The molecule has 0 fully saturated rings. The molecular formula is C50H72BNO2. The number of carbonyl (C=O) groups excluding carboxylic acids is 1. The lowest BCUT2D eigenvalue weighted by atomic mass is 9.13. The highest BCUT2D eigenvalue weighted by Crippen LogP contribution is 2.15. The van der Waals surface area contributed by atoms with E-state index in [4.69, 9.17) is 4.74 Å². The van der Waals surface area contributed by atoms with Gasteiger partial charge in [-0.25, -0.2) is 4.79 Å². The molecule has 0 atom stereocenters. The van der Waals surface area contributed by atoms with Gasteiger partial charge in [-0.3, -0.25) is 0 Å². The Morgan fingerprint density at radius 3 is 1.11 bits per heavy atom. The van der Waals surface area contributed by atoms with Gasteiger partial charge in [0.2, 0.25) is 0 Å². The van der Waals surface area contributed by atoms with Gasteiger partial charge < -0.3 is 9.22 Å². The summed E-state index contributed by atoms with van der Waals surface area (Å²) in [4.78, 5) is 11.6. The number of hydrogen-bond acceptors (Lipinski definition) is 2. The van der Waals surface area contributed by atoms with E-state index in [9.17, 15) is 4.79 Å². The molecule has 0 aliphatic rings. The largest absolute Gasteiger partial charge is 0.456 e. The van der Waals surface area contributed by atoms with E-state index >= 15 is 0 Å². The summed E-state index contributed by atoms with van der Waals surface area (Å²) in [5, 5.41) is 0. The maximum Gasteiger partial charge on any atom is 0.333 e. The van der Waals surface area contributed by atoms with Crippen LogP contribution in [-0.2, 0) is 9.53 Å². The molecule has 0 bridgehead atoms. The summed E-state index contributed by atoms with van der Waals surface area (Å²) in [6.07, 6.45) is 18.4. The van der Waals surface area contributed by atoms with Crippen LogP contribution in [0.1, 0.15) is 118 Å². The third-order valence-electron chi connectivity index (χ3n) is 11.7. The highest BCUT2D eigenvalue weighted by molar-refractivity contribution is 7.19. The molecule has 4 aromatic carbocycles. The number of nitrogens with zero attached hydrogens (tertiary/aromatic N) is 1. The summed E-state index contributed by atoms with van der Waals surface area (Å²) in [6.45, 7) is 17.0. The Kier molecular flexibility index (Phi) is 21.4. The highest BCUT2D eigenvalue weighted by atomic mass is 16.5. The number of rotatable bonds is 25. The van der Waals surface area contributed by atoms with E-state index in [1.54, 1.807) is 6.92 Å². The number of hydrogen-bond donors (Lipinski definition) is 0. The number of quaternary nitrogens is 1. The van der Waals surface area contributed by atoms with Gasteiger partial charge in [0.05, 0.1) is 19.6 Å². The van der Waals surface area contributed by atoms with Gasteiger partial charge in [0.25, 0.3) is 0 Å². The summed E-state index contributed by atoms with van der Waals surface area (Å²) in [6, 6.07) is 43.5. The standard InChI is InChI=1S/C26H52NO2.C24H20B/c1-6-9-10-11-12-13-14-15-16-17-18-19-20-21-22-27(7-2,8-3)23-24-29-26(28)25(4)5;1-5-13-21(14-6-1)25(22-15-7-2-8-16-22,23-17-9-3-10-18-23)24-19-11-4-12-20-24/h4,6-24H2,1-3,5H3;1-20H/q+1;-1. The first kappa shape index (κ1) is 44.5. The first-order chi connectivity index (χ1) is 26.4. The molecule has 0 heterocycles. The van der Waals surface area contributed by atoms with Crippen molar-refractivity contribution in [1.82, 2.24) is 0 Å². The summed E-state index contributed by atoms with van der Waals surface area (Å²) in [5.74, 6) is -0.258. The van der Waals surface area contributed by atoms with Crippen molar-refractivity contribution in [3.63, 3.8) is 0 Å². The minimum atomic E-state index is -1.22. The van der Waals surface area contributed by atoms with Crippen LogP contribution in [0.5, 0.6) is 0 Å². The predicted molar refractivity (Wildman–Crippen MR) is 237 cm³/mol. The van der Waals surface area contributed by atoms with Crippen LogP contribution in [0.2, 0.25) is 0 Å². The second kappa shape index (κ2) is 26.0. The fourth-order valence-corrected chi connectivity index (χ4v) is 8.19. The van der Waals surface area contributed by atoms with Gasteiger partial charge in [-0.2, -0.15) is 21.9 Å². The topological polar surface area (TPSA) is 26.3 Å². The van der Waals surface area contributed by atoms with Crippen LogP contribution < -0.4 is 21.9 Å². The number of esters is 1. The molecule has 4 aromatic rings. The molecule has 0 aromatic heterocycles. The maximum atomic E-state index is 11.6. The van der Waals surface area contributed by atoms with E-state index < -0.39 is 6.15 Å². The van der Waals surface area contributed by atoms with Crippen molar-refractivity contribution in [3.8, 4) is 0 Å². The molecule has 0 aliphatic carbocycles. The summed E-state index contributed by atoms with van der Waals surface area (Å²) < 4.78 is 6.39. The zero-order valence-corrected chi connectivity index (χ0v) is 34.5. The van der Waals surface area contributed by atoms with Crippen LogP contribution >= 0.6 is 0 Å². The average molecular weight is 730 g/mol. The Morgan fingerprint density at radius 2 is 0.815 bits per heavy atom. The van der Waals surface area contributed by atoms with Gasteiger partial charge in [-0.1, -0.05) is 212 Å². The maximum absolute atomic E-state index is 11.6. The van der Waals surface area contributed by atoms with Gasteiger partial charge in [0.15, 0.2) is 0 Å². The lowest BCUT2D eigenvalue weighted by Gasteiger charge is -2.44. The van der Waals surface area contributed by atoms with E-state index in [1.807, 2.05) is 0 Å². The predicted octanol–water partition coefficient (Wildman–Crippen LogP) is 10.5. The number of ether oxygens (including phenoxy) is 1. The monoisotopic (exact) mass is 730 g/mol. The van der Waals surface area contributed by atoms with Crippen molar-refractivity contribution in [2.24, 2.45) is 0 Å². The molecule has 0 saturated heterocycles. The highest BCUT2D eigenvalue weighted by Gasteiger charge is 2.31. The van der Waals surface area contributed by atoms with E-state index in [0.717, 1.165) is 24.1 Å². The number of carbonyl (C=O) groups is 1. The normalized spacial score (nSPS) is 11.4. The van der Waals surface area contributed by atoms with Crippen LogP contribution in [0.3, 0.4) is 0 Å². The molecule has 4 rings (SSSR count). The zero-order chi connectivity index (χ0) is 38.7. The fraction of sp³-hybridized carbons (Fsp3) is 0.460. The van der Waals surface area contributed by atoms with E-state index in [1.165, 1.54) is 118 Å². The van der Waals surface area contributed by atoms with Crippen molar-refractivity contribution in [1.29, 1.82) is 0 Å². The van der Waals surface area contributed by atoms with Crippen LogP contribution in [-0.4, -0.2) is 49.4 Å². The Balaban J connectivity index is 0.000000292. The lowest BCUT2D eigenvalue weighted by molar-refractivity contribution is -0.925. The van der Waals surface area contributed by atoms with Crippen molar-refractivity contribution in [3.05, 3.63) is 133 Å². The minimum absolute atomic E-state index is 0.258. The van der Waals surface area contributed by atoms with Crippen LogP contribution in [0.4, 0.5) is 0 Å². The Labute approximate surface area is 330 Å². The van der Waals surface area contributed by atoms with Gasteiger partial charge in [0, 0.05) is 5.57 Å². The van der Waals surface area contributed by atoms with Gasteiger partial charge >= 0.3 is 5.97 Å². The molecule has 292 valence electrons. The molecule has 0 spiro atoms. The third kappa shape index (κ3) is 14.4. The van der Waals surface area contributed by atoms with Crippen molar-refractivity contribution in [2.75, 3.05) is 32.8 Å². The molecule has 0 saturated carbocycles. The molecule has 0 amide bonds. The van der Waals surface area contributed by atoms with Crippen LogP contribution in [0.15, 0.2) is 133 Å². The molecular weight excluding hydrogens is 657 g/mol. The Morgan fingerprint density at radius 1 is 0.500 bits per heavy atom. The third-order valence-corrected chi connectivity index (χ3v) is 11.7. The number of likely N-dealkylation sites (N-methyl/N-ethyl adjacent to an activating group) is 1. The molecule has 0 unspecified atom stereocenters. The van der Waals surface area contributed by atoms with E-state index in [-0.39, 0.29) is 5.97 Å². The van der Waals surface area contributed by atoms with Crippen molar-refractivity contribution >= 4 is 34.0 Å². The average Bonchev–Trinajstić information content (AvgIpc) is 3.22. The minimum Gasteiger partial charge on any atom is -0.456 e. The van der Waals surface area contributed by atoms with Crippen LogP contribution in [0, 0.1) is 0 Å². The lowest BCUT2D eigenvalue weighted by Crippen LogP contribution is -2.74. The molecule has 3 nitrogen and oxygen atoms in total. The molecule has 0 N–H and O–H groups in total. The smallest absolute Gasteiger partial charge is 0.333 e. The number of benzene rings is 4. The zero-order valence-electron chi connectivity index (χ0n) is 34.5. The van der Waals surface area contributed by atoms with E-state index in [2.05, 4.69) is 149 Å². The summed E-state index contributed by atoms with van der Waals surface area (Å²) in [7, 11) is 0. The van der Waals surface area contributed by atoms with Crippen molar-refractivity contribution < 1.29 is 14.0 Å². The first-order valence-electron chi connectivity index (χ1n) is 21.5. The molecule has 0 radical (unpaired) electrons. The summed E-state index contributed by atoms with van der Waals surface area (Å²) >= 11 is 0. The van der Waals surface area contributed by atoms with E-state index in [0.29, 0.717) is 12.2 Å². The van der Waals surface area contributed by atoms with Gasteiger partial charge in [-0.05, 0) is 33.6 Å². The second-order valence-electron chi connectivity index (χ2n) is 15.4. The van der Waals surface area contributed by atoms with Crippen LogP contribution in [0.25, 0.3) is 0 Å². The summed E-state index contributed by atoms with van der Waals surface area (Å²) in [5.41, 5.74) is 5.84. The molecule has 0 aliphatic heterocycles. The molecule has 4 heteroatoms. The Hall–Kier alpha value is -3.89. The SMILES string of the molecule is C=C(C)C(=O)OCC[N+](CC)(CC)CCCCCCCCCCCCCCCC.c1ccc([B-](c2ccccc2)(c2ccccc2)c2ccccc2)cc1. The first-order valence-corrected chi connectivity index (χ1v) is 21.5. The Bertz CT molecular complexity index is 1370. The second-order valence-corrected chi connectivity index (χ2v) is 15.4. The fourth-order valence-electron chi connectivity index (χ4n) is 8.19. The van der Waals surface area contributed by atoms with Gasteiger partial charge in [0.1, 0.15) is 19.3 Å².